The molecule has 21 rings (SSSR count). The molecule has 12 aromatic carbocycles. The lowest BCUT2D eigenvalue weighted by Crippen LogP contribution is -2.39. The topological polar surface area (TPSA) is 260 Å². The maximum atomic E-state index is 11.5. The number of aryl methyl sites for hydroxylation is 3. The second kappa shape index (κ2) is 43.1. The van der Waals surface area contributed by atoms with Gasteiger partial charge in [-0.05, 0) is 199 Å². The highest BCUT2D eigenvalue weighted by molar-refractivity contribution is 8.04. The number of nitrogens with zero attached hydrogens (tertiary/aromatic N) is 8. The number of para-hydroxylation sites is 2. The minimum absolute atomic E-state index is 0.146. The number of rotatable bonds is 25. The molecule has 8 heterocycles. The number of halogens is 2. The van der Waals surface area contributed by atoms with Crippen LogP contribution in [-0.2, 0) is 62.3 Å². The average molecular weight is 2100 g/mol. The number of anilines is 4. The highest BCUT2D eigenvalue weighted by Crippen LogP contribution is 2.53. The number of ether oxygens (including phenoxy) is 1. The zero-order valence-electron chi connectivity index (χ0n) is 78.8. The van der Waals surface area contributed by atoms with Gasteiger partial charge < -0.3 is 47.5 Å². The van der Waals surface area contributed by atoms with Gasteiger partial charge in [0.2, 0.25) is 34.6 Å². The molecular formula is C110H101Cl2N8O13S9+. The summed E-state index contributed by atoms with van der Waals surface area (Å²) in [5.74, 6) is -0.334. The average Bonchev–Trinajstić information content (AvgIpc) is 1.61. The van der Waals surface area contributed by atoms with Crippen LogP contribution in [0.4, 0.5) is 22.7 Å². The van der Waals surface area contributed by atoms with Crippen LogP contribution in [0.3, 0.4) is 0 Å². The first-order chi connectivity index (χ1) is 68.2. The summed E-state index contributed by atoms with van der Waals surface area (Å²) < 4.78 is 126. The molecule has 0 unspecified atom stereocenters. The minimum atomic E-state index is -4.33. The molecule has 0 saturated carbocycles. The third-order valence-electron chi connectivity index (χ3n) is 25.0. The predicted octanol–water partition coefficient (Wildman–Crippen LogP) is 25.2. The van der Waals surface area contributed by atoms with Gasteiger partial charge in [-0.25, -0.2) is 30.0 Å². The molecule has 5 aliphatic rings. The fourth-order valence-electron chi connectivity index (χ4n) is 18.5. The number of fused-ring (bicyclic) bond motifs is 12. The second-order valence-electron chi connectivity index (χ2n) is 35.5. The van der Waals surface area contributed by atoms with E-state index in [9.17, 15) is 48.8 Å². The highest BCUT2D eigenvalue weighted by Gasteiger charge is 2.36. The summed E-state index contributed by atoms with van der Waals surface area (Å²) in [5.41, 5.74) is 17.5. The van der Waals surface area contributed by atoms with E-state index in [0.29, 0.717) is 64.1 Å². The number of carboxylic acids is 1. The molecule has 16 aromatic rings. The Balaban J connectivity index is 0.000000126. The van der Waals surface area contributed by atoms with E-state index in [4.69, 9.17) is 32.4 Å². The van der Waals surface area contributed by atoms with E-state index < -0.39 is 47.8 Å². The van der Waals surface area contributed by atoms with Crippen molar-refractivity contribution in [3.8, 4) is 28.0 Å². The molecule has 0 spiro atoms. The zero-order valence-corrected chi connectivity index (χ0v) is 87.6. The van der Waals surface area contributed by atoms with Crippen LogP contribution in [0.15, 0.2) is 330 Å². The Morgan fingerprint density at radius 1 is 0.486 bits per heavy atom. The fourth-order valence-corrected chi connectivity index (χ4v) is 27.2. The molecule has 0 bridgehead atoms. The van der Waals surface area contributed by atoms with Gasteiger partial charge in [0.05, 0.1) is 91.8 Å². The number of hydrogen-bond acceptors (Lipinski definition) is 22. The molecule has 0 amide bonds. The summed E-state index contributed by atoms with van der Waals surface area (Å²) in [4.78, 5) is 23.4. The number of carboxylic acid groups (broad SMARTS) is 1. The highest BCUT2D eigenvalue weighted by atomic mass is 35.5. The van der Waals surface area contributed by atoms with Crippen LogP contribution in [-0.4, -0.2) is 93.4 Å². The quantitative estimate of drug-likeness (QED) is 0.0412. The van der Waals surface area contributed by atoms with Crippen LogP contribution >= 0.6 is 92.5 Å². The molecule has 1 N–H and O–H groups in total. The van der Waals surface area contributed by atoms with Gasteiger partial charge in [0, 0.05) is 104 Å². The lowest BCUT2D eigenvalue weighted by atomic mass is 9.75. The Labute approximate surface area is 860 Å². The number of carbonyl (C=O) groups is 1. The number of thiazole rings is 3. The molecule has 4 aromatic heterocycles. The number of hydrogen-bond donors (Lipinski definition) is 1. The molecule has 0 atom stereocenters. The first-order valence-corrected chi connectivity index (χ1v) is 56.9. The van der Waals surface area contributed by atoms with Crippen molar-refractivity contribution in [1.82, 2.24) is 0 Å². The van der Waals surface area contributed by atoms with E-state index in [1.165, 1.54) is 86.1 Å². The van der Waals surface area contributed by atoms with Crippen molar-refractivity contribution < 1.29 is 76.2 Å². The number of benzene rings is 12. The standard InChI is InChI=1S/C35H32N2O5S.C28H31N2S2.C27H22N2O3S3.C20H16Cl2N2O5S3/c1-3-25(21-34-36(2)30-23-28(15-17-32(30)41-34)26-11-6-4-7-12-26)22-35-37(19-10-20-43(38,39)40)31-24-29(16-18-33(31)42-35)27-13-8-5-9-14-27;1-5-29-22-11-7-9-13-24(22)31-26(29)16-20-15-21(19-28(3,4)18-20)17-27-30(6-2)23-12-8-10-14-25(23)32-27;1-28-24(33-22-13-11-18-7-2-4-9-20(18)26(22)28)17-25-29(15-6-16-35(30,31)32)27-21-10-5-3-8-19(21)12-14-23(27)34-25;21-12-2-4-16-14(8-12)23(6-1-7-32(27,28)29)18(30-16)10-19-24(11-20(25)26)15-9-13(22)3-5-17(15)31-19/h4-9,11-18,21-24H,3,10,19-20H2,1-2H3;7-17H,5-6,18-19H2,1-4H3;2-5,7-14,17H,6,15-16H2,1H3;2-5,8-10H,1,6-7,11H2,(H-,25,26,27,28,29)/q;+1;;. The number of allylic oxidation sites excluding steroid dienone is 6. The Hall–Kier alpha value is -11.7. The molecule has 142 heavy (non-hydrogen) atoms. The van der Waals surface area contributed by atoms with Gasteiger partial charge in [-0.3, -0.25) is 0 Å². The number of aromatic nitrogens is 4. The maximum absolute atomic E-state index is 11.5. The van der Waals surface area contributed by atoms with E-state index >= 15 is 0 Å². The summed E-state index contributed by atoms with van der Waals surface area (Å²) in [6.07, 6.45) is 18.8. The van der Waals surface area contributed by atoms with Gasteiger partial charge >= 0.3 is 11.9 Å². The van der Waals surface area contributed by atoms with Gasteiger partial charge in [-0.1, -0.05) is 271 Å². The summed E-state index contributed by atoms with van der Waals surface area (Å²) in [6.45, 7) is 14.2. The van der Waals surface area contributed by atoms with Crippen molar-refractivity contribution in [1.29, 1.82) is 0 Å². The van der Waals surface area contributed by atoms with Crippen molar-refractivity contribution in [2.45, 2.75) is 101 Å². The minimum Gasteiger partial charge on any atom is -0.748 e. The largest absolute Gasteiger partial charge is 0.748 e. The fraction of sp³-hybridized carbons (Fsp3) is 0.209. The SMILES string of the molecule is CCC(=Cc1oc2ccc(-c3ccccc3)cc2[n+]1C)C=C1Oc2ccc(-c3ccccc3)cc2N1CCCS(=O)(=O)[O-].CCN1C(=CC2=CC(=Cc3sc4ccccc4[n+]3CC)CC(C)(C)C2)Sc2ccccc21.C[n+]1c(C=C2Sc3ccc4ccccc4c3N2CCCS(=O)(=O)[O-])sc2ccc3ccccc3c21.O=C(O)C[n+]1c(C=C2Sc3ccc(Cl)cc3N2CCCS(=O)(=O)[O-])sc2ccc(Cl)cc21. The summed E-state index contributed by atoms with van der Waals surface area (Å²) >= 11 is 22.4. The van der Waals surface area contributed by atoms with Crippen LogP contribution in [0.2, 0.25) is 10.0 Å². The number of oxazole rings is 1. The molecule has 1 aliphatic carbocycles. The Morgan fingerprint density at radius 2 is 1.04 bits per heavy atom. The lowest BCUT2D eigenvalue weighted by Gasteiger charge is -2.31. The predicted molar refractivity (Wildman–Crippen MR) is 580 cm³/mol. The van der Waals surface area contributed by atoms with Crippen LogP contribution in [0.5, 0.6) is 5.75 Å². The molecule has 0 fully saturated rings. The summed E-state index contributed by atoms with van der Waals surface area (Å²) in [6, 6.07) is 85.9. The Morgan fingerprint density at radius 3 is 1.73 bits per heavy atom. The third kappa shape index (κ3) is 23.2. The van der Waals surface area contributed by atoms with Crippen molar-refractivity contribution in [3.05, 3.63) is 342 Å². The molecule has 21 nitrogen and oxygen atoms in total. The first kappa shape index (κ1) is 100. The van der Waals surface area contributed by atoms with Crippen molar-refractivity contribution in [3.63, 3.8) is 0 Å². The number of aliphatic carboxylic acids is 1. The second-order valence-corrected chi connectivity index (χ2v) is 47.4. The monoisotopic (exact) mass is 2100 g/mol. The molecular weight excluding hydrogens is 2000 g/mol. The summed E-state index contributed by atoms with van der Waals surface area (Å²) in [7, 11) is -8.85. The van der Waals surface area contributed by atoms with Crippen molar-refractivity contribution >= 4 is 239 Å². The van der Waals surface area contributed by atoms with E-state index in [-0.39, 0.29) is 37.0 Å². The van der Waals surface area contributed by atoms with Gasteiger partial charge in [-0.15, -0.1) is 0 Å². The normalized spacial score (nSPS) is 16.0. The lowest BCUT2D eigenvalue weighted by molar-refractivity contribution is -0.665. The van der Waals surface area contributed by atoms with Gasteiger partial charge in [0.25, 0.3) is 20.5 Å². The molecule has 4 aliphatic heterocycles. The van der Waals surface area contributed by atoms with Gasteiger partial charge in [-0.2, -0.15) is 18.3 Å². The molecule has 726 valence electrons. The first-order valence-electron chi connectivity index (χ1n) is 46.5. The maximum Gasteiger partial charge on any atom is 0.374 e. The van der Waals surface area contributed by atoms with Crippen molar-refractivity contribution in [2.24, 2.45) is 19.5 Å². The van der Waals surface area contributed by atoms with Crippen molar-refractivity contribution in [2.75, 3.05) is 63.0 Å². The molecule has 0 radical (unpaired) electrons. The van der Waals surface area contributed by atoms with E-state index in [2.05, 4.69) is 218 Å². The zero-order chi connectivity index (χ0) is 99.5. The van der Waals surface area contributed by atoms with Gasteiger partial charge in [0.1, 0.15) is 34.7 Å². The van der Waals surface area contributed by atoms with Crippen LogP contribution in [0, 0.1) is 5.41 Å². The Kier molecular flexibility index (Phi) is 30.5. The van der Waals surface area contributed by atoms with E-state index in [1.54, 1.807) is 51.9 Å². The van der Waals surface area contributed by atoms with Crippen LogP contribution in [0.25, 0.3) is 110 Å². The van der Waals surface area contributed by atoms with Gasteiger partial charge in [0.15, 0.2) is 5.75 Å². The summed E-state index contributed by atoms with van der Waals surface area (Å²) in [5, 5.41) is 21.5. The smallest absolute Gasteiger partial charge is 0.374 e. The van der Waals surface area contributed by atoms with Crippen LogP contribution in [0.1, 0.15) is 94.1 Å². The Bertz CT molecular complexity index is 8220. The van der Waals surface area contributed by atoms with Crippen LogP contribution < -0.4 is 42.6 Å². The third-order valence-corrected chi connectivity index (χ3v) is 34.5. The number of thioether (sulfide) groups is 3. The molecule has 0 saturated heterocycles. The van der Waals surface area contributed by atoms with E-state index in [0.717, 1.165) is 122 Å². The molecule has 32 heteroatoms. The van der Waals surface area contributed by atoms with E-state index in [1.807, 2.05) is 160 Å².